The Bertz CT molecular complexity index is 827. The first kappa shape index (κ1) is 14.6. The molecular formula is C16H19N5OS. The third kappa shape index (κ3) is 2.82. The van der Waals surface area contributed by atoms with Gasteiger partial charge in [-0.3, -0.25) is 4.68 Å². The maximum Gasteiger partial charge on any atom is 0.150 e. The molecule has 0 spiro atoms. The van der Waals surface area contributed by atoms with Gasteiger partial charge in [0.25, 0.3) is 0 Å². The average molecular weight is 329 g/mol. The number of anilines is 1. The van der Waals surface area contributed by atoms with Crippen molar-refractivity contribution in [3.63, 3.8) is 0 Å². The van der Waals surface area contributed by atoms with Gasteiger partial charge in [-0.1, -0.05) is 0 Å². The molecule has 1 saturated heterocycles. The van der Waals surface area contributed by atoms with Gasteiger partial charge in [-0.25, -0.2) is 9.97 Å². The Kier molecular flexibility index (Phi) is 3.74. The summed E-state index contributed by atoms with van der Waals surface area (Å²) in [5.74, 6) is 1.02. The van der Waals surface area contributed by atoms with E-state index in [2.05, 4.69) is 38.3 Å². The van der Waals surface area contributed by atoms with Gasteiger partial charge < -0.3 is 9.64 Å². The monoisotopic (exact) mass is 329 g/mol. The first-order valence-electron chi connectivity index (χ1n) is 7.76. The van der Waals surface area contributed by atoms with Crippen molar-refractivity contribution < 1.29 is 4.74 Å². The van der Waals surface area contributed by atoms with Crippen LogP contribution in [0.3, 0.4) is 0 Å². The van der Waals surface area contributed by atoms with Crippen LogP contribution in [0, 0.1) is 13.8 Å². The third-order valence-corrected chi connectivity index (χ3v) is 5.04. The van der Waals surface area contributed by atoms with Crippen LogP contribution in [0.1, 0.15) is 11.4 Å². The van der Waals surface area contributed by atoms with Gasteiger partial charge in [0.2, 0.25) is 0 Å². The van der Waals surface area contributed by atoms with Crippen LogP contribution in [0.15, 0.2) is 23.8 Å². The molecule has 0 unspecified atom stereocenters. The molecule has 0 radical (unpaired) electrons. The van der Waals surface area contributed by atoms with E-state index in [1.165, 1.54) is 5.69 Å². The highest BCUT2D eigenvalue weighted by atomic mass is 32.1. The Hall–Kier alpha value is -1.99. The second-order valence-corrected chi connectivity index (χ2v) is 6.80. The summed E-state index contributed by atoms with van der Waals surface area (Å²) >= 11 is 1.69. The molecule has 23 heavy (non-hydrogen) atoms. The second kappa shape index (κ2) is 5.90. The van der Waals surface area contributed by atoms with Crippen molar-refractivity contribution in [1.29, 1.82) is 0 Å². The van der Waals surface area contributed by atoms with Crippen LogP contribution in [-0.2, 0) is 11.3 Å². The first-order chi connectivity index (χ1) is 11.2. The van der Waals surface area contributed by atoms with E-state index in [1.54, 1.807) is 17.7 Å². The summed E-state index contributed by atoms with van der Waals surface area (Å²) in [6, 6.07) is 4.14. The van der Waals surface area contributed by atoms with Crippen LogP contribution in [0.5, 0.6) is 0 Å². The summed E-state index contributed by atoms with van der Waals surface area (Å²) in [5, 5.41) is 6.60. The number of fused-ring (bicyclic) bond motifs is 1. The van der Waals surface area contributed by atoms with E-state index in [0.29, 0.717) is 6.61 Å². The normalized spacial score (nSPS) is 18.7. The average Bonchev–Trinajstić information content (AvgIpc) is 3.14. The molecule has 4 heterocycles. The lowest BCUT2D eigenvalue weighted by Gasteiger charge is -2.34. The predicted molar refractivity (Wildman–Crippen MR) is 91.1 cm³/mol. The van der Waals surface area contributed by atoms with Crippen molar-refractivity contribution in [3.8, 4) is 0 Å². The maximum atomic E-state index is 5.95. The van der Waals surface area contributed by atoms with Crippen molar-refractivity contribution in [2.45, 2.75) is 26.5 Å². The predicted octanol–water partition coefficient (Wildman–Crippen LogP) is 2.41. The molecule has 1 aliphatic rings. The van der Waals surface area contributed by atoms with Crippen LogP contribution in [-0.4, -0.2) is 45.5 Å². The fourth-order valence-corrected chi connectivity index (χ4v) is 3.94. The number of hydrogen-bond donors (Lipinski definition) is 0. The zero-order valence-corrected chi connectivity index (χ0v) is 14.1. The van der Waals surface area contributed by atoms with Crippen molar-refractivity contribution in [2.75, 3.05) is 24.6 Å². The standard InChI is InChI=1S/C16H19N5OS/c1-11-7-12(2)21(19-11)9-13-8-20(4-5-22-13)16-15-14(3-6-23-15)17-10-18-16/h3,6-7,10,13H,4-5,8-9H2,1-2H3/t13-/m1/s1. The first-order valence-corrected chi connectivity index (χ1v) is 8.64. The molecule has 7 heteroatoms. The van der Waals surface area contributed by atoms with E-state index in [4.69, 9.17) is 4.74 Å². The molecular weight excluding hydrogens is 310 g/mol. The molecule has 3 aromatic heterocycles. The molecule has 0 aromatic carbocycles. The number of nitrogens with zero attached hydrogens (tertiary/aromatic N) is 5. The largest absolute Gasteiger partial charge is 0.373 e. The summed E-state index contributed by atoms with van der Waals surface area (Å²) in [4.78, 5) is 11.1. The number of ether oxygens (including phenoxy) is 1. The molecule has 0 aliphatic carbocycles. The van der Waals surface area contributed by atoms with Crippen molar-refractivity contribution >= 4 is 27.4 Å². The minimum absolute atomic E-state index is 0.117. The van der Waals surface area contributed by atoms with Crippen LogP contribution in [0.25, 0.3) is 10.2 Å². The van der Waals surface area contributed by atoms with Crippen molar-refractivity contribution in [1.82, 2.24) is 19.7 Å². The summed E-state index contributed by atoms with van der Waals surface area (Å²) in [6.45, 7) is 7.27. The Morgan fingerprint density at radius 3 is 3.09 bits per heavy atom. The summed E-state index contributed by atoms with van der Waals surface area (Å²) in [5.41, 5.74) is 3.23. The van der Waals surface area contributed by atoms with Gasteiger partial charge in [-0.2, -0.15) is 5.10 Å². The smallest absolute Gasteiger partial charge is 0.150 e. The fourth-order valence-electron chi connectivity index (χ4n) is 3.08. The van der Waals surface area contributed by atoms with Crippen molar-refractivity contribution in [2.24, 2.45) is 0 Å². The third-order valence-electron chi connectivity index (χ3n) is 4.14. The number of aryl methyl sites for hydroxylation is 2. The van der Waals surface area contributed by atoms with Crippen molar-refractivity contribution in [3.05, 3.63) is 35.2 Å². The zero-order chi connectivity index (χ0) is 15.8. The molecule has 0 amide bonds. The quantitative estimate of drug-likeness (QED) is 0.738. The highest BCUT2D eigenvalue weighted by molar-refractivity contribution is 7.17. The number of rotatable bonds is 3. The van der Waals surface area contributed by atoms with Gasteiger partial charge in [0, 0.05) is 18.8 Å². The minimum atomic E-state index is 0.117. The van der Waals surface area contributed by atoms with Gasteiger partial charge in [-0.15, -0.1) is 11.3 Å². The van der Waals surface area contributed by atoms with E-state index in [0.717, 1.165) is 41.4 Å². The fraction of sp³-hybridized carbons (Fsp3) is 0.438. The van der Waals surface area contributed by atoms with Crippen LogP contribution in [0.4, 0.5) is 5.82 Å². The lowest BCUT2D eigenvalue weighted by molar-refractivity contribution is 0.0268. The highest BCUT2D eigenvalue weighted by Crippen LogP contribution is 2.29. The SMILES string of the molecule is Cc1cc(C)n(C[C@H]2CN(c3ncnc4ccsc34)CCO2)n1. The molecule has 0 N–H and O–H groups in total. The molecule has 0 bridgehead atoms. The summed E-state index contributed by atoms with van der Waals surface area (Å²) in [6.07, 6.45) is 1.77. The number of aromatic nitrogens is 4. The topological polar surface area (TPSA) is 56.1 Å². The van der Waals surface area contributed by atoms with E-state index < -0.39 is 0 Å². The zero-order valence-electron chi connectivity index (χ0n) is 13.3. The summed E-state index contributed by atoms with van der Waals surface area (Å²) < 4.78 is 9.13. The van der Waals surface area contributed by atoms with E-state index in [1.807, 2.05) is 17.7 Å². The van der Waals surface area contributed by atoms with E-state index in [9.17, 15) is 0 Å². The number of morpholine rings is 1. The molecule has 0 saturated carbocycles. The lowest BCUT2D eigenvalue weighted by atomic mass is 10.2. The molecule has 3 aromatic rings. The molecule has 1 aliphatic heterocycles. The maximum absolute atomic E-state index is 5.95. The van der Waals surface area contributed by atoms with Gasteiger partial charge in [0.1, 0.15) is 12.1 Å². The van der Waals surface area contributed by atoms with Gasteiger partial charge >= 0.3 is 0 Å². The Morgan fingerprint density at radius 2 is 2.26 bits per heavy atom. The second-order valence-electron chi connectivity index (χ2n) is 5.88. The highest BCUT2D eigenvalue weighted by Gasteiger charge is 2.24. The Labute approximate surface area is 138 Å². The van der Waals surface area contributed by atoms with Crippen LogP contribution >= 0.6 is 11.3 Å². The van der Waals surface area contributed by atoms with Gasteiger partial charge in [0.15, 0.2) is 0 Å². The molecule has 1 fully saturated rings. The van der Waals surface area contributed by atoms with Gasteiger partial charge in [0.05, 0.1) is 35.2 Å². The molecule has 1 atom stereocenters. The Morgan fingerprint density at radius 1 is 1.35 bits per heavy atom. The minimum Gasteiger partial charge on any atom is -0.373 e. The van der Waals surface area contributed by atoms with Crippen LogP contribution in [0.2, 0.25) is 0 Å². The van der Waals surface area contributed by atoms with Crippen LogP contribution < -0.4 is 4.90 Å². The Balaban J connectivity index is 1.55. The van der Waals surface area contributed by atoms with Gasteiger partial charge in [-0.05, 0) is 31.4 Å². The van der Waals surface area contributed by atoms with E-state index >= 15 is 0 Å². The summed E-state index contributed by atoms with van der Waals surface area (Å²) in [7, 11) is 0. The molecule has 4 rings (SSSR count). The molecule has 6 nitrogen and oxygen atoms in total. The lowest BCUT2D eigenvalue weighted by Crippen LogP contribution is -2.45. The number of hydrogen-bond acceptors (Lipinski definition) is 6. The van der Waals surface area contributed by atoms with E-state index in [-0.39, 0.29) is 6.10 Å². The molecule has 120 valence electrons. The number of thiophene rings is 1.